The molecule has 0 amide bonds. The molecule has 0 aliphatic carbocycles. The fraction of sp³-hybridized carbons (Fsp3) is 0.538. The van der Waals surface area contributed by atoms with Crippen molar-refractivity contribution >= 4 is 13.9 Å². The predicted molar refractivity (Wildman–Crippen MR) is 130 cm³/mol. The van der Waals surface area contributed by atoms with Gasteiger partial charge in [0.15, 0.2) is 0 Å². The van der Waals surface area contributed by atoms with Crippen LogP contribution < -0.4 is 5.30 Å². The Kier molecular flexibility index (Phi) is 8.32. The van der Waals surface area contributed by atoms with E-state index in [1.165, 1.54) is 22.0 Å². The van der Waals surface area contributed by atoms with Gasteiger partial charge in [0, 0.05) is 29.3 Å². The first kappa shape index (κ1) is 23.9. The number of hydrogen-bond donors (Lipinski definition) is 1. The summed E-state index contributed by atoms with van der Waals surface area (Å²) in [6, 6.07) is 13.8. The summed E-state index contributed by atoms with van der Waals surface area (Å²) >= 11 is 0. The number of aryl methyl sites for hydroxylation is 2. The number of rotatable bonds is 9. The summed E-state index contributed by atoms with van der Waals surface area (Å²) in [7, 11) is 0.634. The number of phenols is 1. The molecule has 2 rings (SSSR count). The third kappa shape index (κ3) is 5.41. The second kappa shape index (κ2) is 10.1. The molecular weight excluding hydrogens is 373 g/mol. The van der Waals surface area contributed by atoms with Crippen LogP contribution in [0.15, 0.2) is 36.4 Å². The second-order valence-electron chi connectivity index (χ2n) is 8.90. The van der Waals surface area contributed by atoms with Gasteiger partial charge < -0.3 is 5.11 Å². The van der Waals surface area contributed by atoms with Crippen molar-refractivity contribution in [3.8, 4) is 5.75 Å². The first-order valence-electron chi connectivity index (χ1n) is 11.1. The van der Waals surface area contributed by atoms with Gasteiger partial charge in [0.2, 0.25) is 0 Å². The average molecular weight is 414 g/mol. The zero-order valence-electron chi connectivity index (χ0n) is 19.6. The molecular formula is C26H40NOP. The fourth-order valence-corrected chi connectivity index (χ4v) is 6.12. The van der Waals surface area contributed by atoms with Gasteiger partial charge in [0.05, 0.1) is 0 Å². The normalized spacial score (nSPS) is 12.8. The number of hydrogen-bond acceptors (Lipinski definition) is 2. The molecule has 0 bridgehead atoms. The monoisotopic (exact) mass is 413 g/mol. The Morgan fingerprint density at radius 1 is 0.966 bits per heavy atom. The Hall–Kier alpha value is -1.37. The third-order valence-corrected chi connectivity index (χ3v) is 8.70. The summed E-state index contributed by atoms with van der Waals surface area (Å²) in [5.41, 5.74) is 5.13. The number of phenolic OH excluding ortho intramolecular Hbond substituents is 1. The SMILES string of the molecule is CCC(CC)(Pc1c(C)cccc1CN(C(C)C)C(C)C)c1cc(C)ccc1O. The van der Waals surface area contributed by atoms with Gasteiger partial charge in [0.1, 0.15) is 5.75 Å². The molecule has 160 valence electrons. The highest BCUT2D eigenvalue weighted by Gasteiger charge is 2.33. The molecule has 0 aliphatic heterocycles. The molecule has 1 unspecified atom stereocenters. The Balaban J connectivity index is 2.54. The van der Waals surface area contributed by atoms with Gasteiger partial charge in [-0.2, -0.15) is 0 Å². The van der Waals surface area contributed by atoms with Crippen molar-refractivity contribution in [3.63, 3.8) is 0 Å². The summed E-state index contributed by atoms with van der Waals surface area (Å²) in [6.07, 6.45) is 2.04. The van der Waals surface area contributed by atoms with Crippen LogP contribution in [0.4, 0.5) is 0 Å². The van der Waals surface area contributed by atoms with E-state index in [0.717, 1.165) is 24.9 Å². The minimum Gasteiger partial charge on any atom is -0.508 e. The quantitative estimate of drug-likeness (QED) is 0.465. The van der Waals surface area contributed by atoms with Crippen LogP contribution >= 0.6 is 8.58 Å². The maximum absolute atomic E-state index is 10.7. The highest BCUT2D eigenvalue weighted by Crippen LogP contribution is 2.50. The topological polar surface area (TPSA) is 23.5 Å². The Morgan fingerprint density at radius 3 is 2.14 bits per heavy atom. The number of nitrogens with zero attached hydrogens (tertiary/aromatic N) is 1. The van der Waals surface area contributed by atoms with E-state index in [9.17, 15) is 5.11 Å². The molecule has 0 saturated heterocycles. The summed E-state index contributed by atoms with van der Waals surface area (Å²) < 4.78 is 0. The van der Waals surface area contributed by atoms with Crippen LogP contribution in [0.5, 0.6) is 5.75 Å². The van der Waals surface area contributed by atoms with Crippen LogP contribution in [0, 0.1) is 13.8 Å². The zero-order chi connectivity index (χ0) is 21.8. The van der Waals surface area contributed by atoms with Crippen LogP contribution in [0.2, 0.25) is 0 Å². The molecule has 2 aromatic carbocycles. The zero-order valence-corrected chi connectivity index (χ0v) is 20.6. The lowest BCUT2D eigenvalue weighted by molar-refractivity contribution is 0.166. The molecule has 0 radical (unpaired) electrons. The molecule has 29 heavy (non-hydrogen) atoms. The molecule has 0 spiro atoms. The van der Waals surface area contributed by atoms with Crippen molar-refractivity contribution < 1.29 is 5.11 Å². The van der Waals surface area contributed by atoms with Gasteiger partial charge in [-0.25, -0.2) is 0 Å². The Morgan fingerprint density at radius 2 is 1.59 bits per heavy atom. The highest BCUT2D eigenvalue weighted by molar-refractivity contribution is 7.48. The van der Waals surface area contributed by atoms with E-state index in [-0.39, 0.29) is 5.16 Å². The Bertz CT molecular complexity index is 800. The molecule has 1 N–H and O–H groups in total. The lowest BCUT2D eigenvalue weighted by atomic mass is 9.91. The molecule has 0 fully saturated rings. The van der Waals surface area contributed by atoms with E-state index in [1.807, 2.05) is 12.1 Å². The van der Waals surface area contributed by atoms with Crippen LogP contribution in [-0.4, -0.2) is 22.1 Å². The molecule has 2 aromatic rings. The van der Waals surface area contributed by atoms with Crippen LogP contribution in [0.3, 0.4) is 0 Å². The molecule has 0 aromatic heterocycles. The maximum atomic E-state index is 10.7. The van der Waals surface area contributed by atoms with Gasteiger partial charge in [-0.3, -0.25) is 4.90 Å². The Labute approximate surface area is 180 Å². The van der Waals surface area contributed by atoms with Gasteiger partial charge in [0.25, 0.3) is 0 Å². The van der Waals surface area contributed by atoms with Crippen molar-refractivity contribution in [1.29, 1.82) is 0 Å². The van der Waals surface area contributed by atoms with Gasteiger partial charge in [-0.15, -0.1) is 0 Å². The summed E-state index contributed by atoms with van der Waals surface area (Å²) in [6.45, 7) is 19.0. The van der Waals surface area contributed by atoms with E-state index >= 15 is 0 Å². The third-order valence-electron chi connectivity index (χ3n) is 6.28. The standard InChI is InChI=1S/C26H40NOP/c1-9-26(10-2,23-16-20(7)14-15-24(23)28)29-25-21(8)12-11-13-22(25)17-27(18(3)4)19(5)6/h11-16,18-19,28-29H,9-10,17H2,1-8H3. The average Bonchev–Trinajstić information content (AvgIpc) is 2.67. The first-order chi connectivity index (χ1) is 13.6. The molecule has 0 saturated carbocycles. The van der Waals surface area contributed by atoms with Gasteiger partial charge in [-0.1, -0.05) is 58.3 Å². The summed E-state index contributed by atoms with van der Waals surface area (Å²) in [4.78, 5) is 2.56. The summed E-state index contributed by atoms with van der Waals surface area (Å²) in [5, 5.41) is 12.2. The number of aromatic hydroxyl groups is 1. The van der Waals surface area contributed by atoms with E-state index in [4.69, 9.17) is 0 Å². The largest absolute Gasteiger partial charge is 0.508 e. The smallest absolute Gasteiger partial charge is 0.119 e. The van der Waals surface area contributed by atoms with Crippen molar-refractivity contribution in [2.24, 2.45) is 0 Å². The lowest BCUT2D eigenvalue weighted by Crippen LogP contribution is -2.37. The van der Waals surface area contributed by atoms with E-state index in [0.29, 0.717) is 26.4 Å². The van der Waals surface area contributed by atoms with E-state index in [2.05, 4.69) is 84.6 Å². The summed E-state index contributed by atoms with van der Waals surface area (Å²) in [5.74, 6) is 0.438. The number of benzene rings is 2. The van der Waals surface area contributed by atoms with Crippen LogP contribution in [-0.2, 0) is 11.7 Å². The van der Waals surface area contributed by atoms with Crippen LogP contribution in [0.1, 0.15) is 76.6 Å². The molecule has 0 heterocycles. The van der Waals surface area contributed by atoms with Gasteiger partial charge in [-0.05, 0) is 76.9 Å². The second-order valence-corrected chi connectivity index (χ2v) is 10.6. The lowest BCUT2D eigenvalue weighted by Gasteiger charge is -2.36. The van der Waals surface area contributed by atoms with Crippen LogP contribution in [0.25, 0.3) is 0 Å². The molecule has 1 atom stereocenters. The van der Waals surface area contributed by atoms with Crippen molar-refractivity contribution in [2.75, 3.05) is 0 Å². The predicted octanol–water partition coefficient (Wildman–Crippen LogP) is 6.65. The fourth-order valence-electron chi connectivity index (χ4n) is 4.34. The van der Waals surface area contributed by atoms with E-state index in [1.54, 1.807) is 0 Å². The first-order valence-corrected chi connectivity index (χ1v) is 12.1. The maximum Gasteiger partial charge on any atom is 0.119 e. The van der Waals surface area contributed by atoms with Gasteiger partial charge >= 0.3 is 0 Å². The van der Waals surface area contributed by atoms with Crippen molar-refractivity contribution in [3.05, 3.63) is 58.7 Å². The van der Waals surface area contributed by atoms with Crippen molar-refractivity contribution in [1.82, 2.24) is 4.90 Å². The molecule has 0 aliphatic rings. The molecule has 2 nitrogen and oxygen atoms in total. The van der Waals surface area contributed by atoms with Crippen molar-refractivity contribution in [2.45, 2.75) is 92.0 Å². The highest BCUT2D eigenvalue weighted by atomic mass is 31.1. The minimum atomic E-state index is -0.0303. The molecule has 3 heteroatoms. The van der Waals surface area contributed by atoms with E-state index < -0.39 is 0 Å². The minimum absolute atomic E-state index is 0.0303.